The highest BCUT2D eigenvalue weighted by molar-refractivity contribution is 5.93. The highest BCUT2D eigenvalue weighted by Gasteiger charge is 2.46. The van der Waals surface area contributed by atoms with Crippen molar-refractivity contribution in [3.05, 3.63) is 17.2 Å². The maximum absolute atomic E-state index is 12.3. The smallest absolute Gasteiger partial charge is 0.272 e. The van der Waals surface area contributed by atoms with E-state index in [1.807, 2.05) is 41.5 Å². The van der Waals surface area contributed by atoms with Gasteiger partial charge >= 0.3 is 0 Å². The molecule has 0 bridgehead atoms. The lowest BCUT2D eigenvalue weighted by atomic mass is 9.94. The summed E-state index contributed by atoms with van der Waals surface area (Å²) >= 11 is 0. The van der Waals surface area contributed by atoms with E-state index >= 15 is 0 Å². The van der Waals surface area contributed by atoms with Crippen molar-refractivity contribution >= 4 is 5.91 Å². The number of aromatic amines is 1. The van der Waals surface area contributed by atoms with E-state index in [2.05, 4.69) is 15.3 Å². The Labute approximate surface area is 114 Å². The third-order valence-corrected chi connectivity index (χ3v) is 3.60. The number of nitrogens with one attached hydrogen (secondary N) is 2. The molecule has 2 heterocycles. The molecule has 106 valence electrons. The summed E-state index contributed by atoms with van der Waals surface area (Å²) in [6, 6.07) is -0.00796. The third kappa shape index (κ3) is 2.81. The van der Waals surface area contributed by atoms with E-state index in [1.54, 1.807) is 0 Å². The lowest BCUT2D eigenvalue weighted by Gasteiger charge is -2.27. The largest absolute Gasteiger partial charge is 0.367 e. The number of hydrogen-bond donors (Lipinski definition) is 2. The number of carbonyl (C=O) groups is 1. The number of imidazole rings is 1. The van der Waals surface area contributed by atoms with Crippen molar-refractivity contribution in [2.45, 2.75) is 65.2 Å². The second-order valence-electron chi connectivity index (χ2n) is 6.49. The number of hydrogen-bond acceptors (Lipinski definition) is 3. The van der Waals surface area contributed by atoms with Gasteiger partial charge in [-0.1, -0.05) is 0 Å². The number of rotatable bonds is 2. The van der Waals surface area contributed by atoms with Gasteiger partial charge in [0, 0.05) is 5.69 Å². The number of amides is 1. The van der Waals surface area contributed by atoms with E-state index in [4.69, 9.17) is 4.74 Å². The lowest BCUT2D eigenvalue weighted by molar-refractivity contribution is -0.0693. The summed E-state index contributed by atoms with van der Waals surface area (Å²) in [5.74, 6) is 0.617. The Morgan fingerprint density at radius 3 is 2.42 bits per heavy atom. The first-order chi connectivity index (χ1) is 8.61. The predicted molar refractivity (Wildman–Crippen MR) is 73.2 cm³/mol. The molecular weight excluding hydrogens is 242 g/mol. The Kier molecular flexibility index (Phi) is 3.21. The molecule has 19 heavy (non-hydrogen) atoms. The Bertz CT molecular complexity index is 503. The Hall–Kier alpha value is -1.36. The summed E-state index contributed by atoms with van der Waals surface area (Å²) < 4.78 is 5.98. The van der Waals surface area contributed by atoms with Crippen LogP contribution in [0.2, 0.25) is 0 Å². The van der Waals surface area contributed by atoms with Crippen LogP contribution in [0.1, 0.15) is 56.1 Å². The third-order valence-electron chi connectivity index (χ3n) is 3.60. The number of H-pyrrole nitrogens is 1. The van der Waals surface area contributed by atoms with E-state index in [-0.39, 0.29) is 23.2 Å². The van der Waals surface area contributed by atoms with Crippen LogP contribution in [0, 0.1) is 13.8 Å². The molecule has 0 spiro atoms. The van der Waals surface area contributed by atoms with Crippen molar-refractivity contribution in [3.63, 3.8) is 0 Å². The molecule has 0 aromatic carbocycles. The number of ether oxygens (including phenoxy) is 1. The van der Waals surface area contributed by atoms with Crippen molar-refractivity contribution in [1.82, 2.24) is 15.3 Å². The minimum atomic E-state index is -0.363. The molecule has 1 aliphatic heterocycles. The Morgan fingerprint density at radius 2 is 2.00 bits per heavy atom. The molecule has 0 saturated carbocycles. The van der Waals surface area contributed by atoms with Gasteiger partial charge in [0.25, 0.3) is 5.91 Å². The first kappa shape index (κ1) is 14.1. The molecule has 5 heteroatoms. The van der Waals surface area contributed by atoms with E-state index in [1.165, 1.54) is 0 Å². The van der Waals surface area contributed by atoms with Gasteiger partial charge in [0.05, 0.1) is 17.2 Å². The molecule has 2 N–H and O–H groups in total. The van der Waals surface area contributed by atoms with Crippen LogP contribution in [0.15, 0.2) is 0 Å². The maximum Gasteiger partial charge on any atom is 0.272 e. The quantitative estimate of drug-likeness (QED) is 0.860. The fourth-order valence-electron chi connectivity index (χ4n) is 2.84. The van der Waals surface area contributed by atoms with Crippen LogP contribution in [0.3, 0.4) is 0 Å². The van der Waals surface area contributed by atoms with E-state index in [9.17, 15) is 4.79 Å². The van der Waals surface area contributed by atoms with Crippen LogP contribution in [0.5, 0.6) is 0 Å². The van der Waals surface area contributed by atoms with Crippen LogP contribution >= 0.6 is 0 Å². The van der Waals surface area contributed by atoms with Crippen molar-refractivity contribution in [1.29, 1.82) is 0 Å². The molecule has 0 radical (unpaired) electrons. The van der Waals surface area contributed by atoms with E-state index in [0.29, 0.717) is 5.69 Å². The number of carbonyl (C=O) groups excluding carboxylic acids is 1. The monoisotopic (exact) mass is 265 g/mol. The van der Waals surface area contributed by atoms with Gasteiger partial charge < -0.3 is 15.0 Å². The highest BCUT2D eigenvalue weighted by Crippen LogP contribution is 2.37. The molecule has 2 rings (SSSR count). The Balaban J connectivity index is 2.14. The van der Waals surface area contributed by atoms with Crippen molar-refractivity contribution < 1.29 is 9.53 Å². The van der Waals surface area contributed by atoms with Gasteiger partial charge in [-0.3, -0.25) is 4.79 Å². The minimum absolute atomic E-state index is 0.00796. The fraction of sp³-hybridized carbons (Fsp3) is 0.714. The summed E-state index contributed by atoms with van der Waals surface area (Å²) in [5.41, 5.74) is 0.695. The zero-order valence-electron chi connectivity index (χ0n) is 12.5. The van der Waals surface area contributed by atoms with E-state index < -0.39 is 0 Å². The van der Waals surface area contributed by atoms with E-state index in [0.717, 1.165) is 17.9 Å². The topological polar surface area (TPSA) is 67.0 Å². The van der Waals surface area contributed by atoms with Crippen LogP contribution in [0.4, 0.5) is 0 Å². The van der Waals surface area contributed by atoms with Gasteiger partial charge in [0.15, 0.2) is 0 Å². The normalized spacial score (nSPS) is 24.4. The zero-order valence-corrected chi connectivity index (χ0v) is 12.5. The average Bonchev–Trinajstić information content (AvgIpc) is 2.63. The second kappa shape index (κ2) is 4.34. The van der Waals surface area contributed by atoms with Gasteiger partial charge in [0.1, 0.15) is 11.5 Å². The summed E-state index contributed by atoms with van der Waals surface area (Å²) in [6.45, 7) is 11.8. The minimum Gasteiger partial charge on any atom is -0.367 e. The molecule has 1 aliphatic rings. The molecule has 1 saturated heterocycles. The lowest BCUT2D eigenvalue weighted by Crippen LogP contribution is -2.46. The number of nitrogens with zero attached hydrogens (tertiary/aromatic N) is 1. The van der Waals surface area contributed by atoms with Crippen LogP contribution in [-0.2, 0) is 4.74 Å². The molecule has 1 aromatic heterocycles. The summed E-state index contributed by atoms with van der Waals surface area (Å²) in [4.78, 5) is 19.6. The molecule has 0 unspecified atom stereocenters. The SMILES string of the molecule is Cc1nc(C(=O)N[C@H]2CC(C)(C)OC2(C)C)c(C)[nH]1. The molecule has 1 aromatic rings. The van der Waals surface area contributed by atoms with Gasteiger partial charge in [0.2, 0.25) is 0 Å². The number of aromatic nitrogens is 2. The van der Waals surface area contributed by atoms with Crippen LogP contribution in [-0.4, -0.2) is 33.1 Å². The van der Waals surface area contributed by atoms with Crippen molar-refractivity contribution in [3.8, 4) is 0 Å². The van der Waals surface area contributed by atoms with Crippen LogP contribution in [0.25, 0.3) is 0 Å². The first-order valence-electron chi connectivity index (χ1n) is 6.65. The fourth-order valence-corrected chi connectivity index (χ4v) is 2.84. The zero-order chi connectivity index (χ0) is 14.4. The standard InChI is InChI=1S/C14H23N3O2/c1-8-11(16-9(2)15-8)12(18)17-10-7-13(3,4)19-14(10,5)6/h10H,7H2,1-6H3,(H,15,16)(H,17,18)/t10-/m0/s1. The molecule has 1 fully saturated rings. The molecule has 1 amide bonds. The molecular formula is C14H23N3O2. The summed E-state index contributed by atoms with van der Waals surface area (Å²) in [7, 11) is 0. The van der Waals surface area contributed by atoms with Crippen LogP contribution < -0.4 is 5.32 Å². The highest BCUT2D eigenvalue weighted by atomic mass is 16.5. The maximum atomic E-state index is 12.3. The van der Waals surface area contributed by atoms with Gasteiger partial charge in [-0.2, -0.15) is 0 Å². The van der Waals surface area contributed by atoms with Crippen molar-refractivity contribution in [2.24, 2.45) is 0 Å². The molecule has 5 nitrogen and oxygen atoms in total. The first-order valence-corrected chi connectivity index (χ1v) is 6.65. The number of aryl methyl sites for hydroxylation is 2. The Morgan fingerprint density at radius 1 is 1.37 bits per heavy atom. The molecule has 0 aliphatic carbocycles. The van der Waals surface area contributed by atoms with Gasteiger partial charge in [-0.25, -0.2) is 4.98 Å². The predicted octanol–water partition coefficient (Wildman–Crippen LogP) is 2.10. The second-order valence-corrected chi connectivity index (χ2v) is 6.49. The molecule has 1 atom stereocenters. The van der Waals surface area contributed by atoms with Crippen molar-refractivity contribution in [2.75, 3.05) is 0 Å². The summed E-state index contributed by atoms with van der Waals surface area (Å²) in [6.07, 6.45) is 0.800. The average molecular weight is 265 g/mol. The van der Waals surface area contributed by atoms with Gasteiger partial charge in [-0.05, 0) is 48.0 Å². The van der Waals surface area contributed by atoms with Gasteiger partial charge in [-0.15, -0.1) is 0 Å². The summed E-state index contributed by atoms with van der Waals surface area (Å²) in [5, 5.41) is 3.05.